The van der Waals surface area contributed by atoms with Gasteiger partial charge in [0.15, 0.2) is 0 Å². The molecule has 4 heteroatoms. The van der Waals surface area contributed by atoms with Crippen molar-refractivity contribution < 1.29 is 9.90 Å². The van der Waals surface area contributed by atoms with Gasteiger partial charge in [-0.05, 0) is 6.92 Å². The Kier molecular flexibility index (Phi) is 11.8. The summed E-state index contributed by atoms with van der Waals surface area (Å²) in [6, 6.07) is 0. The lowest BCUT2D eigenvalue weighted by molar-refractivity contribution is -0.302. The molecule has 0 saturated carbocycles. The van der Waals surface area contributed by atoms with Crippen molar-refractivity contribution >= 4 is 12.3 Å². The predicted octanol–water partition coefficient (Wildman–Crippen LogP) is -1.69. The monoisotopic (exact) mass is 103 g/mol. The summed E-state index contributed by atoms with van der Waals surface area (Å²) < 4.78 is 0. The van der Waals surface area contributed by atoms with Crippen LogP contribution in [0, 0.1) is 5.41 Å². The van der Waals surface area contributed by atoms with E-state index in [1.807, 2.05) is 0 Å². The van der Waals surface area contributed by atoms with Crippen LogP contribution in [-0.2, 0) is 4.79 Å². The molecule has 3 N–H and O–H groups in total. The third kappa shape index (κ3) is 38.0. The zero-order valence-electron chi connectivity index (χ0n) is 3.97. The summed E-state index contributed by atoms with van der Waals surface area (Å²) in [5.74, 6) is -1.08. The number of carboxylic acids is 1. The Morgan fingerprint density at radius 1 is 2.00 bits per heavy atom. The Morgan fingerprint density at radius 3 is 2.00 bits per heavy atom. The molecule has 0 unspecified atom stereocenters. The highest BCUT2D eigenvalue weighted by Crippen LogP contribution is 1.31. The Labute approximate surface area is 41.5 Å². The molecule has 0 aromatic rings. The quantitative estimate of drug-likeness (QED) is 0.283. The number of aliphatic carboxylic acids is 1. The van der Waals surface area contributed by atoms with Gasteiger partial charge in [-0.15, -0.1) is 0 Å². The lowest BCUT2D eigenvalue weighted by atomic mass is 10.9. The molecule has 0 aliphatic carbocycles. The van der Waals surface area contributed by atoms with Gasteiger partial charge in [0, 0.05) is 5.97 Å². The van der Waals surface area contributed by atoms with Gasteiger partial charge in [-0.3, -0.25) is 5.41 Å². The van der Waals surface area contributed by atoms with Crippen LogP contribution >= 0.6 is 0 Å². The summed E-state index contributed by atoms with van der Waals surface area (Å²) in [6.07, 6.45) is 0.750. The smallest absolute Gasteiger partial charge is 0.0765 e. The Morgan fingerprint density at radius 2 is 2.00 bits per heavy atom. The van der Waals surface area contributed by atoms with E-state index in [2.05, 4.69) is 5.73 Å². The zero-order chi connectivity index (χ0) is 6.28. The molecule has 0 heterocycles. The van der Waals surface area contributed by atoms with Crippen LogP contribution in [0.1, 0.15) is 6.92 Å². The molecule has 0 saturated heterocycles. The van der Waals surface area contributed by atoms with Crippen molar-refractivity contribution in [2.45, 2.75) is 6.92 Å². The molecule has 0 aliphatic rings. The normalized spacial score (nSPS) is 5.29. The van der Waals surface area contributed by atoms with Crippen molar-refractivity contribution in [1.29, 1.82) is 5.41 Å². The molecule has 4 nitrogen and oxygen atoms in total. The topological polar surface area (TPSA) is 90.0 Å². The van der Waals surface area contributed by atoms with Gasteiger partial charge in [0.25, 0.3) is 0 Å². The molecule has 42 valence electrons. The van der Waals surface area contributed by atoms with Crippen molar-refractivity contribution in [3.63, 3.8) is 0 Å². The number of hydrogen-bond acceptors (Lipinski definition) is 3. The zero-order valence-corrected chi connectivity index (χ0v) is 3.97. The molecule has 0 spiro atoms. The minimum Gasteiger partial charge on any atom is -0.550 e. The molecule has 0 bridgehead atoms. The van der Waals surface area contributed by atoms with Gasteiger partial charge in [0.05, 0.1) is 6.34 Å². The van der Waals surface area contributed by atoms with Crippen molar-refractivity contribution in [2.75, 3.05) is 0 Å². The fraction of sp³-hybridized carbons (Fsp3) is 0.333. The van der Waals surface area contributed by atoms with Gasteiger partial charge in [0.2, 0.25) is 0 Å². The Hall–Kier alpha value is -1.06. The molecular weight excluding hydrogens is 96.0 g/mol. The summed E-state index contributed by atoms with van der Waals surface area (Å²) in [5.41, 5.74) is 4.39. The van der Waals surface area contributed by atoms with E-state index in [4.69, 9.17) is 15.3 Å². The summed E-state index contributed by atoms with van der Waals surface area (Å²) in [5, 5.41) is 14.8. The molecule has 0 fully saturated rings. The number of carbonyl (C=O) groups is 1. The van der Waals surface area contributed by atoms with Gasteiger partial charge in [-0.2, -0.15) is 0 Å². The predicted molar refractivity (Wildman–Crippen MR) is 23.7 cm³/mol. The van der Waals surface area contributed by atoms with Crippen molar-refractivity contribution in [1.82, 2.24) is 0 Å². The van der Waals surface area contributed by atoms with Gasteiger partial charge < -0.3 is 15.6 Å². The first-order valence-corrected chi connectivity index (χ1v) is 1.53. The first kappa shape index (κ1) is 9.34. The van der Waals surface area contributed by atoms with Crippen LogP contribution in [0.3, 0.4) is 0 Å². The minimum absolute atomic E-state index is 0.750. The molecule has 0 atom stereocenters. The maximum absolute atomic E-state index is 8.89. The maximum Gasteiger partial charge on any atom is 0.0765 e. The third-order valence-corrected chi connectivity index (χ3v) is 0. The second-order valence-corrected chi connectivity index (χ2v) is 0.658. The molecule has 0 aliphatic heterocycles. The van der Waals surface area contributed by atoms with E-state index < -0.39 is 5.97 Å². The maximum atomic E-state index is 8.89. The average Bonchev–Trinajstić information content (AvgIpc) is 1.33. The van der Waals surface area contributed by atoms with Gasteiger partial charge in [-0.1, -0.05) is 0 Å². The first-order chi connectivity index (χ1) is 3.15. The van der Waals surface area contributed by atoms with Crippen LogP contribution in [0.4, 0.5) is 0 Å². The van der Waals surface area contributed by atoms with Gasteiger partial charge in [-0.25, -0.2) is 0 Å². The molecule has 0 radical (unpaired) electrons. The highest BCUT2D eigenvalue weighted by Gasteiger charge is 1.46. The SMILES string of the molecule is CC(=O)[O-].N=CN. The highest BCUT2D eigenvalue weighted by atomic mass is 16.4. The van der Waals surface area contributed by atoms with Crippen molar-refractivity contribution in [3.8, 4) is 0 Å². The van der Waals surface area contributed by atoms with Crippen molar-refractivity contribution in [2.24, 2.45) is 5.73 Å². The molecule has 0 aromatic heterocycles. The Balaban J connectivity index is 0. The van der Waals surface area contributed by atoms with E-state index in [1.165, 1.54) is 0 Å². The van der Waals surface area contributed by atoms with Gasteiger partial charge in [0.1, 0.15) is 0 Å². The molecule has 0 rings (SSSR count). The number of nitrogens with one attached hydrogen (secondary N) is 1. The summed E-state index contributed by atoms with van der Waals surface area (Å²) in [7, 11) is 0. The number of hydrogen-bond donors (Lipinski definition) is 2. The summed E-state index contributed by atoms with van der Waals surface area (Å²) >= 11 is 0. The number of nitrogens with two attached hydrogens (primary N) is 1. The molecule has 7 heavy (non-hydrogen) atoms. The van der Waals surface area contributed by atoms with Crippen LogP contribution in [0.25, 0.3) is 0 Å². The van der Waals surface area contributed by atoms with E-state index in [1.54, 1.807) is 0 Å². The fourth-order valence-electron chi connectivity index (χ4n) is 0. The van der Waals surface area contributed by atoms with E-state index in [-0.39, 0.29) is 0 Å². The largest absolute Gasteiger partial charge is 0.550 e. The van der Waals surface area contributed by atoms with Crippen LogP contribution in [0.5, 0.6) is 0 Å². The van der Waals surface area contributed by atoms with Crippen LogP contribution < -0.4 is 10.8 Å². The second-order valence-electron chi connectivity index (χ2n) is 0.658. The highest BCUT2D eigenvalue weighted by molar-refractivity contribution is 5.60. The van der Waals surface area contributed by atoms with E-state index in [9.17, 15) is 0 Å². The fourth-order valence-corrected chi connectivity index (χ4v) is 0. The van der Waals surface area contributed by atoms with Crippen LogP contribution in [0.15, 0.2) is 0 Å². The number of carbonyl (C=O) groups excluding carboxylic acids is 1. The molecule has 0 aromatic carbocycles. The summed E-state index contributed by atoms with van der Waals surface area (Å²) in [4.78, 5) is 8.89. The van der Waals surface area contributed by atoms with E-state index >= 15 is 0 Å². The molecular formula is C3H7N2O2-. The van der Waals surface area contributed by atoms with Crippen molar-refractivity contribution in [3.05, 3.63) is 0 Å². The van der Waals surface area contributed by atoms with Crippen LogP contribution in [-0.4, -0.2) is 12.3 Å². The number of carboxylic acid groups (broad SMARTS) is 1. The minimum atomic E-state index is -1.08. The lowest BCUT2D eigenvalue weighted by Crippen LogP contribution is -2.16. The Bertz CT molecular complexity index is 58.0. The second kappa shape index (κ2) is 8.87. The van der Waals surface area contributed by atoms with E-state index in [0.29, 0.717) is 0 Å². The lowest BCUT2D eigenvalue weighted by Gasteiger charge is -1.77. The van der Waals surface area contributed by atoms with Crippen LogP contribution in [0.2, 0.25) is 0 Å². The number of rotatable bonds is 0. The summed E-state index contributed by atoms with van der Waals surface area (Å²) in [6.45, 7) is 0.972. The third-order valence-electron chi connectivity index (χ3n) is 0. The van der Waals surface area contributed by atoms with E-state index in [0.717, 1.165) is 13.3 Å². The average molecular weight is 103 g/mol. The molecule has 0 amide bonds. The first-order valence-electron chi connectivity index (χ1n) is 1.53. The standard InChI is InChI=1S/C2H4O2.CH4N2/c1-2(3)4;2-1-3/h1H3,(H,3,4);1H,(H3,2,3)/p-1. The van der Waals surface area contributed by atoms with Gasteiger partial charge >= 0.3 is 0 Å².